The molecule has 0 aliphatic heterocycles. The molecule has 5 heteroatoms. The minimum absolute atomic E-state index is 0.0400. The maximum absolute atomic E-state index is 10.9. The number of hydrogen-bond acceptors (Lipinski definition) is 3. The molecule has 0 radical (unpaired) electrons. The van der Waals surface area contributed by atoms with Crippen molar-refractivity contribution in [3.8, 4) is 5.75 Å². The molecule has 0 bridgehead atoms. The van der Waals surface area contributed by atoms with Gasteiger partial charge in [-0.1, -0.05) is 12.6 Å². The molecule has 0 unspecified atom stereocenters. The van der Waals surface area contributed by atoms with Crippen LogP contribution in [0.5, 0.6) is 5.75 Å². The molecule has 0 aliphatic carbocycles. The summed E-state index contributed by atoms with van der Waals surface area (Å²) in [6.07, 6.45) is 3.78. The van der Waals surface area contributed by atoms with Crippen LogP contribution < -0.4 is 10.1 Å². The lowest BCUT2D eigenvalue weighted by molar-refractivity contribution is -0.646. The zero-order valence-electron chi connectivity index (χ0n) is 11.3. The Hall–Kier alpha value is -1.88. The molecule has 1 aromatic rings. The van der Waals surface area contributed by atoms with Crippen LogP contribution in [0, 0.1) is 17.0 Å². The third-order valence-electron chi connectivity index (χ3n) is 2.70. The van der Waals surface area contributed by atoms with Crippen LogP contribution in [0.4, 0.5) is 5.69 Å². The first-order valence-corrected chi connectivity index (χ1v) is 6.45. The van der Waals surface area contributed by atoms with Gasteiger partial charge in [-0.15, -0.1) is 0 Å². The molecule has 1 rings (SSSR count). The molecule has 1 aromatic carbocycles. The van der Waals surface area contributed by atoms with Crippen LogP contribution in [-0.2, 0) is 0 Å². The van der Waals surface area contributed by atoms with Crippen molar-refractivity contribution in [2.45, 2.75) is 19.8 Å². The van der Waals surface area contributed by atoms with Crippen LogP contribution in [0.2, 0.25) is 0 Å². The Labute approximate surface area is 113 Å². The molecule has 0 amide bonds. The smallest absolute Gasteiger partial charge is 0.311 e. The molecule has 0 saturated carbocycles. The first-order valence-electron chi connectivity index (χ1n) is 6.45. The van der Waals surface area contributed by atoms with Crippen molar-refractivity contribution in [1.82, 2.24) is 0 Å². The molecule has 2 N–H and O–H groups in total. The Balaban J connectivity index is 2.36. The van der Waals surface area contributed by atoms with E-state index < -0.39 is 4.92 Å². The number of ether oxygens (including phenoxy) is 1. The zero-order valence-corrected chi connectivity index (χ0v) is 11.3. The quantitative estimate of drug-likeness (QED) is 0.320. The van der Waals surface area contributed by atoms with Crippen molar-refractivity contribution >= 4 is 5.69 Å². The van der Waals surface area contributed by atoms with E-state index in [1.165, 1.54) is 6.07 Å². The van der Waals surface area contributed by atoms with Crippen molar-refractivity contribution in [2.24, 2.45) is 0 Å². The van der Waals surface area contributed by atoms with Gasteiger partial charge >= 0.3 is 5.69 Å². The number of nitro benzene ring substituents is 1. The molecule has 0 aliphatic rings. The van der Waals surface area contributed by atoms with Gasteiger partial charge in [0.15, 0.2) is 5.75 Å². The van der Waals surface area contributed by atoms with E-state index >= 15 is 0 Å². The minimum Gasteiger partial charge on any atom is -0.487 e. The molecule has 0 aromatic heterocycles. The van der Waals surface area contributed by atoms with E-state index in [4.69, 9.17) is 4.74 Å². The van der Waals surface area contributed by atoms with Crippen LogP contribution in [0.3, 0.4) is 0 Å². The van der Waals surface area contributed by atoms with E-state index in [9.17, 15) is 10.1 Å². The van der Waals surface area contributed by atoms with E-state index in [0.29, 0.717) is 12.4 Å². The van der Waals surface area contributed by atoms with Crippen LogP contribution in [-0.4, -0.2) is 24.6 Å². The predicted octanol–water partition coefficient (Wildman–Crippen LogP) is 1.81. The van der Waals surface area contributed by atoms with Crippen LogP contribution in [0.1, 0.15) is 18.4 Å². The Morgan fingerprint density at radius 3 is 2.95 bits per heavy atom. The van der Waals surface area contributed by atoms with Crippen molar-refractivity contribution in [1.29, 1.82) is 0 Å². The topological polar surface area (TPSA) is 69.0 Å². The molecule has 0 spiro atoms. The summed E-state index contributed by atoms with van der Waals surface area (Å²) < 4.78 is 5.48. The lowest BCUT2D eigenvalue weighted by Gasteiger charge is -2.07. The first kappa shape index (κ1) is 15.2. The Morgan fingerprint density at radius 1 is 1.47 bits per heavy atom. The standard InChI is InChI=1S/C14H20N2O3/c1-3-8-15-9-4-5-10-19-14-7-6-12(2)11-13(14)16(17)18/h3,6-7,11,15H,1,4-5,8-10H2,2H3/p+1. The highest BCUT2D eigenvalue weighted by molar-refractivity contribution is 5.48. The number of hydrogen-bond donors (Lipinski definition) is 1. The average molecular weight is 265 g/mol. The average Bonchev–Trinajstić information content (AvgIpc) is 2.39. The molecule has 0 fully saturated rings. The molecular formula is C14H21N2O3+. The first-order chi connectivity index (χ1) is 9.15. The summed E-state index contributed by atoms with van der Waals surface area (Å²) in [6, 6.07) is 5.02. The van der Waals surface area contributed by atoms with Crippen LogP contribution >= 0.6 is 0 Å². The highest BCUT2D eigenvalue weighted by Crippen LogP contribution is 2.27. The number of quaternary nitrogens is 1. The fourth-order valence-electron chi connectivity index (χ4n) is 1.70. The molecule has 0 saturated heterocycles. The van der Waals surface area contributed by atoms with E-state index in [0.717, 1.165) is 31.5 Å². The summed E-state index contributed by atoms with van der Waals surface area (Å²) in [5.41, 5.74) is 0.899. The monoisotopic (exact) mass is 265 g/mol. The number of rotatable bonds is 9. The minimum atomic E-state index is -0.403. The molecule has 19 heavy (non-hydrogen) atoms. The van der Waals surface area contributed by atoms with E-state index in [1.54, 1.807) is 6.07 Å². The molecule has 104 valence electrons. The number of nitrogens with two attached hydrogens (primary N) is 1. The molecule has 0 heterocycles. The van der Waals surface area contributed by atoms with Crippen LogP contribution in [0.15, 0.2) is 30.9 Å². The Bertz CT molecular complexity index is 433. The van der Waals surface area contributed by atoms with Gasteiger partial charge < -0.3 is 10.1 Å². The van der Waals surface area contributed by atoms with Crippen LogP contribution in [0.25, 0.3) is 0 Å². The fourth-order valence-corrected chi connectivity index (χ4v) is 1.70. The van der Waals surface area contributed by atoms with Crippen molar-refractivity contribution in [2.75, 3.05) is 19.7 Å². The SMILES string of the molecule is C=CC[NH2+]CCCCOc1ccc(C)cc1[N+](=O)[O-]. The molecule has 5 nitrogen and oxygen atoms in total. The number of benzene rings is 1. The van der Waals surface area contributed by atoms with E-state index in [-0.39, 0.29) is 5.69 Å². The number of nitrogens with zero attached hydrogens (tertiary/aromatic N) is 1. The van der Waals surface area contributed by atoms with Gasteiger partial charge in [0, 0.05) is 6.07 Å². The maximum atomic E-state index is 10.9. The van der Waals surface area contributed by atoms with Crippen molar-refractivity contribution < 1.29 is 15.0 Å². The van der Waals surface area contributed by atoms with Gasteiger partial charge in [0.1, 0.15) is 0 Å². The Kier molecular flexibility index (Phi) is 6.60. The Morgan fingerprint density at radius 2 is 2.26 bits per heavy atom. The van der Waals surface area contributed by atoms with E-state index in [2.05, 4.69) is 11.9 Å². The summed E-state index contributed by atoms with van der Waals surface area (Å²) in [5.74, 6) is 0.352. The summed E-state index contributed by atoms with van der Waals surface area (Å²) in [6.45, 7) is 7.92. The number of nitro groups is 1. The van der Waals surface area contributed by atoms with Gasteiger partial charge in [-0.3, -0.25) is 10.1 Å². The fraction of sp³-hybridized carbons (Fsp3) is 0.429. The van der Waals surface area contributed by atoms with Crippen molar-refractivity contribution in [3.05, 3.63) is 46.5 Å². The summed E-state index contributed by atoms with van der Waals surface area (Å²) in [7, 11) is 0. The second-order valence-electron chi connectivity index (χ2n) is 4.39. The highest BCUT2D eigenvalue weighted by atomic mass is 16.6. The van der Waals surface area contributed by atoms with Gasteiger partial charge in [-0.05, 0) is 37.5 Å². The van der Waals surface area contributed by atoms with E-state index in [1.807, 2.05) is 19.1 Å². The highest BCUT2D eigenvalue weighted by Gasteiger charge is 2.14. The summed E-state index contributed by atoms with van der Waals surface area (Å²) in [4.78, 5) is 10.5. The molecule has 0 atom stereocenters. The normalized spacial score (nSPS) is 10.2. The lowest BCUT2D eigenvalue weighted by Crippen LogP contribution is -2.83. The lowest BCUT2D eigenvalue weighted by atomic mass is 10.2. The van der Waals surface area contributed by atoms with Gasteiger partial charge in [-0.25, -0.2) is 0 Å². The maximum Gasteiger partial charge on any atom is 0.311 e. The predicted molar refractivity (Wildman–Crippen MR) is 74.4 cm³/mol. The van der Waals surface area contributed by atoms with Crippen molar-refractivity contribution in [3.63, 3.8) is 0 Å². The second-order valence-corrected chi connectivity index (χ2v) is 4.39. The third-order valence-corrected chi connectivity index (χ3v) is 2.70. The van der Waals surface area contributed by atoms with Gasteiger partial charge in [0.25, 0.3) is 0 Å². The second kappa shape index (κ2) is 8.26. The summed E-state index contributed by atoms with van der Waals surface area (Å²) >= 11 is 0. The van der Waals surface area contributed by atoms with Gasteiger partial charge in [0.2, 0.25) is 0 Å². The zero-order chi connectivity index (χ0) is 14.1. The van der Waals surface area contributed by atoms with Gasteiger partial charge in [-0.2, -0.15) is 0 Å². The summed E-state index contributed by atoms with van der Waals surface area (Å²) in [5, 5.41) is 13.1. The number of unbranched alkanes of at least 4 members (excludes halogenated alkanes) is 1. The largest absolute Gasteiger partial charge is 0.487 e. The third kappa shape index (κ3) is 5.52. The molecular weight excluding hydrogens is 244 g/mol. The number of aryl methyl sites for hydroxylation is 1. The van der Waals surface area contributed by atoms with Gasteiger partial charge in [0.05, 0.1) is 24.6 Å².